The van der Waals surface area contributed by atoms with Crippen molar-refractivity contribution in [3.05, 3.63) is 23.5 Å². The summed E-state index contributed by atoms with van der Waals surface area (Å²) in [5.74, 6) is -2.68. The van der Waals surface area contributed by atoms with Gasteiger partial charge < -0.3 is 49.6 Å². The molecule has 1 fully saturated rings. The molecule has 158 valence electrons. The summed E-state index contributed by atoms with van der Waals surface area (Å²) in [6.45, 7) is -1.02. The van der Waals surface area contributed by atoms with E-state index < -0.39 is 74.1 Å². The molecule has 2 aliphatic heterocycles. The van der Waals surface area contributed by atoms with Gasteiger partial charge in [-0.15, -0.1) is 0 Å². The number of carboxylic acid groups (broad SMARTS) is 1. The molecular formula is C17H24O11. The van der Waals surface area contributed by atoms with Crippen LogP contribution in [0.3, 0.4) is 0 Å². The molecule has 0 bridgehead atoms. The van der Waals surface area contributed by atoms with Crippen LogP contribution in [0.1, 0.15) is 0 Å². The van der Waals surface area contributed by atoms with Crippen molar-refractivity contribution in [1.82, 2.24) is 0 Å². The Kier molecular flexibility index (Phi) is 6.37. The summed E-state index contributed by atoms with van der Waals surface area (Å²) in [5.41, 5.74) is 0.364. The van der Waals surface area contributed by atoms with Crippen LogP contribution in [-0.2, 0) is 23.7 Å². The highest BCUT2D eigenvalue weighted by Crippen LogP contribution is 2.45. The van der Waals surface area contributed by atoms with Crippen LogP contribution in [0.2, 0.25) is 0 Å². The molecule has 2 heterocycles. The number of methoxy groups -OCH3 is 1. The van der Waals surface area contributed by atoms with E-state index in [1.54, 1.807) is 6.08 Å². The fourth-order valence-corrected chi connectivity index (χ4v) is 3.87. The fraction of sp³-hybridized carbons (Fsp3) is 0.706. The van der Waals surface area contributed by atoms with Gasteiger partial charge in [0.2, 0.25) is 6.29 Å². The van der Waals surface area contributed by atoms with Gasteiger partial charge in [0.25, 0.3) is 0 Å². The zero-order chi connectivity index (χ0) is 20.6. The van der Waals surface area contributed by atoms with Gasteiger partial charge in [0.1, 0.15) is 24.4 Å². The number of aliphatic hydroxyl groups is 5. The topological polar surface area (TPSA) is 175 Å². The van der Waals surface area contributed by atoms with Gasteiger partial charge in [0, 0.05) is 13.0 Å². The second-order valence-electron chi connectivity index (χ2n) is 6.87. The normalized spacial score (nSPS) is 43.0. The number of fused-ring (bicyclic) bond motifs is 1. The monoisotopic (exact) mass is 404 g/mol. The van der Waals surface area contributed by atoms with E-state index in [1.807, 2.05) is 0 Å². The van der Waals surface area contributed by atoms with E-state index in [-0.39, 0.29) is 5.57 Å². The number of aliphatic carboxylic acids is 1. The van der Waals surface area contributed by atoms with Crippen LogP contribution < -0.4 is 0 Å². The molecule has 0 unspecified atom stereocenters. The van der Waals surface area contributed by atoms with Crippen molar-refractivity contribution >= 4 is 5.97 Å². The second-order valence-corrected chi connectivity index (χ2v) is 6.87. The summed E-state index contributed by atoms with van der Waals surface area (Å²) in [7, 11) is 1.40. The Morgan fingerprint density at radius 1 is 1.11 bits per heavy atom. The highest BCUT2D eigenvalue weighted by atomic mass is 16.8. The highest BCUT2D eigenvalue weighted by Gasteiger charge is 2.52. The van der Waals surface area contributed by atoms with Crippen LogP contribution in [0.25, 0.3) is 0 Å². The first kappa shape index (κ1) is 21.1. The third-order valence-corrected chi connectivity index (χ3v) is 5.35. The van der Waals surface area contributed by atoms with Crippen LogP contribution in [0.15, 0.2) is 23.5 Å². The number of carboxylic acids is 1. The number of aliphatic hydroxyl groups excluding tert-OH is 5. The van der Waals surface area contributed by atoms with Crippen molar-refractivity contribution in [3.63, 3.8) is 0 Å². The molecule has 28 heavy (non-hydrogen) atoms. The third-order valence-electron chi connectivity index (χ3n) is 5.35. The summed E-state index contributed by atoms with van der Waals surface area (Å²) in [5, 5.41) is 58.3. The minimum absolute atomic E-state index is 0.0646. The molecule has 6 N–H and O–H groups in total. The molecule has 1 aliphatic carbocycles. The molecule has 0 amide bonds. The average molecular weight is 404 g/mol. The number of hydrogen-bond acceptors (Lipinski definition) is 10. The lowest BCUT2D eigenvalue weighted by molar-refractivity contribution is -0.340. The summed E-state index contributed by atoms with van der Waals surface area (Å²) < 4.78 is 21.7. The molecule has 9 atom stereocenters. The lowest BCUT2D eigenvalue weighted by Crippen LogP contribution is -2.60. The molecule has 0 aromatic heterocycles. The molecule has 3 aliphatic rings. The number of carbonyl (C=O) groups is 1. The van der Waals surface area contributed by atoms with Gasteiger partial charge in [-0.25, -0.2) is 4.79 Å². The van der Waals surface area contributed by atoms with Gasteiger partial charge in [-0.1, -0.05) is 6.08 Å². The lowest BCUT2D eigenvalue weighted by atomic mass is 9.82. The molecule has 3 rings (SSSR count). The predicted octanol–water partition coefficient (Wildman–Crippen LogP) is -2.69. The van der Waals surface area contributed by atoms with Crippen LogP contribution >= 0.6 is 0 Å². The van der Waals surface area contributed by atoms with Crippen molar-refractivity contribution in [3.8, 4) is 0 Å². The summed E-state index contributed by atoms with van der Waals surface area (Å²) >= 11 is 0. The molecule has 0 aromatic carbocycles. The third kappa shape index (κ3) is 3.55. The van der Waals surface area contributed by atoms with E-state index in [1.165, 1.54) is 7.11 Å². The van der Waals surface area contributed by atoms with Gasteiger partial charge in [-0.2, -0.15) is 0 Å². The summed E-state index contributed by atoms with van der Waals surface area (Å²) in [6, 6.07) is 0. The van der Waals surface area contributed by atoms with E-state index >= 15 is 0 Å². The van der Waals surface area contributed by atoms with Crippen LogP contribution in [0, 0.1) is 11.8 Å². The van der Waals surface area contributed by atoms with Crippen molar-refractivity contribution in [2.45, 2.75) is 43.1 Å². The average Bonchev–Trinajstić information content (AvgIpc) is 3.07. The van der Waals surface area contributed by atoms with Crippen molar-refractivity contribution in [2.24, 2.45) is 11.8 Å². The van der Waals surface area contributed by atoms with Gasteiger partial charge in [-0.05, 0) is 5.57 Å². The van der Waals surface area contributed by atoms with Crippen LogP contribution in [0.4, 0.5) is 0 Å². The first-order valence-corrected chi connectivity index (χ1v) is 8.73. The minimum Gasteiger partial charge on any atom is -0.478 e. The number of hydrogen-bond donors (Lipinski definition) is 6. The zero-order valence-electron chi connectivity index (χ0n) is 15.0. The largest absolute Gasteiger partial charge is 0.478 e. The SMILES string of the molecule is CO[C@H]1C=C(CO)[C@@H]2[C@H](O[C@@H]3O[C@H](CO)[C@@H](O)[C@H](O)[C@H]3O)OC=C(C(=O)O)[C@H]21. The fourth-order valence-electron chi connectivity index (χ4n) is 3.87. The van der Waals surface area contributed by atoms with E-state index in [0.29, 0.717) is 5.57 Å². The van der Waals surface area contributed by atoms with E-state index in [9.17, 15) is 35.4 Å². The Morgan fingerprint density at radius 3 is 2.39 bits per heavy atom. The Morgan fingerprint density at radius 2 is 1.82 bits per heavy atom. The van der Waals surface area contributed by atoms with Crippen LogP contribution in [-0.4, -0.2) is 100 Å². The molecule has 11 nitrogen and oxygen atoms in total. The van der Waals surface area contributed by atoms with E-state index in [0.717, 1.165) is 6.26 Å². The van der Waals surface area contributed by atoms with E-state index in [2.05, 4.69) is 0 Å². The second kappa shape index (κ2) is 8.43. The molecule has 11 heteroatoms. The van der Waals surface area contributed by atoms with E-state index in [4.69, 9.17) is 18.9 Å². The Bertz CT molecular complexity index is 645. The Labute approximate surface area is 160 Å². The maximum absolute atomic E-state index is 11.6. The lowest BCUT2D eigenvalue weighted by Gasteiger charge is -2.43. The first-order valence-electron chi connectivity index (χ1n) is 8.73. The minimum atomic E-state index is -1.65. The Hall–Kier alpha value is -1.57. The van der Waals surface area contributed by atoms with Crippen molar-refractivity contribution in [2.75, 3.05) is 20.3 Å². The van der Waals surface area contributed by atoms with Gasteiger partial charge in [0.05, 0.1) is 37.1 Å². The quantitative estimate of drug-likeness (QED) is 0.254. The molecular weight excluding hydrogens is 380 g/mol. The zero-order valence-corrected chi connectivity index (χ0v) is 15.0. The number of ether oxygens (including phenoxy) is 4. The molecule has 0 saturated carbocycles. The molecule has 0 aromatic rings. The standard InChI is InChI=1S/C17H24O11/c1-25-8-2-6(3-18)10-11(8)7(15(23)24)5-26-16(10)28-17-14(22)13(21)12(20)9(4-19)27-17/h2,5,8-14,16-22H,3-4H2,1H3,(H,23,24)/t8-,9+,10-,11-,12+,13-,14+,16-,17-/m0/s1. The summed E-state index contributed by atoms with van der Waals surface area (Å²) in [6.07, 6.45) is -6.68. The van der Waals surface area contributed by atoms with Gasteiger partial charge >= 0.3 is 5.97 Å². The smallest absolute Gasteiger partial charge is 0.335 e. The molecule has 0 spiro atoms. The Balaban J connectivity index is 1.86. The maximum atomic E-state index is 11.6. The van der Waals surface area contributed by atoms with Gasteiger partial charge in [0.15, 0.2) is 6.29 Å². The van der Waals surface area contributed by atoms with Crippen molar-refractivity contribution < 1.29 is 54.4 Å². The highest BCUT2D eigenvalue weighted by molar-refractivity contribution is 5.87. The maximum Gasteiger partial charge on any atom is 0.335 e. The molecule has 1 saturated heterocycles. The first-order chi connectivity index (χ1) is 13.3. The molecule has 0 radical (unpaired) electrons. The van der Waals surface area contributed by atoms with Crippen LogP contribution in [0.5, 0.6) is 0 Å². The number of rotatable bonds is 6. The van der Waals surface area contributed by atoms with Gasteiger partial charge in [-0.3, -0.25) is 0 Å². The predicted molar refractivity (Wildman–Crippen MR) is 88.4 cm³/mol. The summed E-state index contributed by atoms with van der Waals surface area (Å²) in [4.78, 5) is 11.6. The van der Waals surface area contributed by atoms with Crippen molar-refractivity contribution in [1.29, 1.82) is 0 Å².